The maximum absolute atomic E-state index is 12.4. The number of Topliss-reactive ketones (excluding diaryl/α,β-unsaturated/α-hetero) is 1. The Kier molecular flexibility index (Phi) is 5.75. The van der Waals surface area contributed by atoms with Crippen molar-refractivity contribution in [2.24, 2.45) is 0 Å². The quantitative estimate of drug-likeness (QED) is 0.466. The fourth-order valence-electron chi connectivity index (χ4n) is 3.18. The standard InChI is InChI=1S/C24H22N4O3/c1-16(29)19-6-5-7-20(12-19)31-17(2)24(30)26-14-18-10-11-23(25-13-18)28-15-27-21-8-3-4-9-22(21)28/h3-13,15,17H,14H2,1-2H3,(H,26,30). The van der Waals surface area contributed by atoms with E-state index < -0.39 is 6.10 Å². The summed E-state index contributed by atoms with van der Waals surface area (Å²) < 4.78 is 7.59. The van der Waals surface area contributed by atoms with Crippen LogP contribution in [0.4, 0.5) is 0 Å². The van der Waals surface area contributed by atoms with Gasteiger partial charge in [-0.05, 0) is 49.7 Å². The molecule has 0 aliphatic rings. The number of imidazole rings is 1. The molecule has 0 spiro atoms. The minimum absolute atomic E-state index is 0.0535. The van der Waals surface area contributed by atoms with Crippen LogP contribution < -0.4 is 10.1 Å². The van der Waals surface area contributed by atoms with E-state index in [0.717, 1.165) is 22.4 Å². The molecule has 0 fully saturated rings. The third-order valence-electron chi connectivity index (χ3n) is 4.90. The maximum Gasteiger partial charge on any atom is 0.261 e. The van der Waals surface area contributed by atoms with E-state index in [0.29, 0.717) is 17.9 Å². The largest absolute Gasteiger partial charge is 0.481 e. The lowest BCUT2D eigenvalue weighted by atomic mass is 10.1. The first-order valence-electron chi connectivity index (χ1n) is 9.94. The van der Waals surface area contributed by atoms with Crippen molar-refractivity contribution in [2.45, 2.75) is 26.5 Å². The predicted octanol–water partition coefficient (Wildman–Crippen LogP) is 3.71. The molecule has 1 unspecified atom stereocenters. The van der Waals surface area contributed by atoms with E-state index in [1.807, 2.05) is 41.0 Å². The number of pyridine rings is 1. The van der Waals surface area contributed by atoms with Crippen LogP contribution in [-0.2, 0) is 11.3 Å². The molecule has 1 N–H and O–H groups in total. The number of carbonyl (C=O) groups excluding carboxylic acids is 2. The first-order chi connectivity index (χ1) is 15.0. The number of amides is 1. The third kappa shape index (κ3) is 4.61. The van der Waals surface area contributed by atoms with Crippen molar-refractivity contribution in [1.82, 2.24) is 19.9 Å². The molecular formula is C24H22N4O3. The number of fused-ring (bicyclic) bond motifs is 1. The van der Waals surface area contributed by atoms with Crippen molar-refractivity contribution >= 4 is 22.7 Å². The summed E-state index contributed by atoms with van der Waals surface area (Å²) >= 11 is 0. The van der Waals surface area contributed by atoms with Gasteiger partial charge in [-0.3, -0.25) is 14.2 Å². The molecular weight excluding hydrogens is 392 g/mol. The molecule has 2 aromatic carbocycles. The Morgan fingerprint density at radius 3 is 2.68 bits per heavy atom. The van der Waals surface area contributed by atoms with E-state index >= 15 is 0 Å². The van der Waals surface area contributed by atoms with Crippen molar-refractivity contribution in [2.75, 3.05) is 0 Å². The average Bonchev–Trinajstić information content (AvgIpc) is 3.22. The van der Waals surface area contributed by atoms with E-state index in [1.54, 1.807) is 43.7 Å². The highest BCUT2D eigenvalue weighted by molar-refractivity contribution is 5.94. The van der Waals surface area contributed by atoms with Gasteiger partial charge in [0.25, 0.3) is 5.91 Å². The van der Waals surface area contributed by atoms with Gasteiger partial charge in [-0.2, -0.15) is 0 Å². The molecule has 0 aliphatic carbocycles. The molecule has 1 atom stereocenters. The molecule has 1 amide bonds. The number of hydrogen-bond acceptors (Lipinski definition) is 5. The van der Waals surface area contributed by atoms with Gasteiger partial charge in [-0.15, -0.1) is 0 Å². The van der Waals surface area contributed by atoms with Crippen LogP contribution in [0.3, 0.4) is 0 Å². The molecule has 0 radical (unpaired) electrons. The monoisotopic (exact) mass is 414 g/mol. The van der Waals surface area contributed by atoms with Gasteiger partial charge in [0, 0.05) is 18.3 Å². The molecule has 2 aromatic heterocycles. The molecule has 156 valence electrons. The summed E-state index contributed by atoms with van der Waals surface area (Å²) in [5.41, 5.74) is 3.30. The smallest absolute Gasteiger partial charge is 0.261 e. The van der Waals surface area contributed by atoms with Crippen LogP contribution in [0.15, 0.2) is 73.2 Å². The second kappa shape index (κ2) is 8.79. The van der Waals surface area contributed by atoms with E-state index in [4.69, 9.17) is 4.74 Å². The summed E-state index contributed by atoms with van der Waals surface area (Å²) in [6.07, 6.45) is 2.77. The zero-order valence-electron chi connectivity index (χ0n) is 17.3. The number of nitrogens with one attached hydrogen (secondary N) is 1. The lowest BCUT2D eigenvalue weighted by Crippen LogP contribution is -2.35. The first kappa shape index (κ1) is 20.3. The summed E-state index contributed by atoms with van der Waals surface area (Å²) in [5.74, 6) is 0.930. The Morgan fingerprint density at radius 2 is 1.90 bits per heavy atom. The Morgan fingerprint density at radius 1 is 1.06 bits per heavy atom. The van der Waals surface area contributed by atoms with Crippen LogP contribution in [0, 0.1) is 0 Å². The molecule has 4 aromatic rings. The normalized spacial score (nSPS) is 11.8. The maximum atomic E-state index is 12.4. The number of carbonyl (C=O) groups is 2. The highest BCUT2D eigenvalue weighted by Crippen LogP contribution is 2.17. The van der Waals surface area contributed by atoms with Crippen molar-refractivity contribution in [3.05, 3.63) is 84.3 Å². The SMILES string of the molecule is CC(=O)c1cccc(OC(C)C(=O)NCc2ccc(-n3cnc4ccccc43)nc2)c1. The molecule has 7 heteroatoms. The minimum Gasteiger partial charge on any atom is -0.481 e. The van der Waals surface area contributed by atoms with Crippen molar-refractivity contribution in [1.29, 1.82) is 0 Å². The fraction of sp³-hybridized carbons (Fsp3) is 0.167. The zero-order valence-corrected chi connectivity index (χ0v) is 17.3. The number of rotatable bonds is 7. The molecule has 0 saturated carbocycles. The van der Waals surface area contributed by atoms with Crippen molar-refractivity contribution in [3.8, 4) is 11.6 Å². The topological polar surface area (TPSA) is 86.1 Å². The summed E-state index contributed by atoms with van der Waals surface area (Å²) in [7, 11) is 0. The van der Waals surface area contributed by atoms with Gasteiger partial charge < -0.3 is 10.1 Å². The molecule has 0 aliphatic heterocycles. The lowest BCUT2D eigenvalue weighted by Gasteiger charge is -2.15. The summed E-state index contributed by atoms with van der Waals surface area (Å²) in [4.78, 5) is 32.8. The van der Waals surface area contributed by atoms with Crippen LogP contribution in [-0.4, -0.2) is 32.3 Å². The fourth-order valence-corrected chi connectivity index (χ4v) is 3.18. The Labute approximate surface area is 179 Å². The Bertz CT molecular complexity index is 1230. The number of ketones is 1. The van der Waals surface area contributed by atoms with Gasteiger partial charge in [-0.25, -0.2) is 9.97 Å². The van der Waals surface area contributed by atoms with E-state index in [9.17, 15) is 9.59 Å². The Balaban J connectivity index is 1.36. The van der Waals surface area contributed by atoms with Crippen LogP contribution in [0.5, 0.6) is 5.75 Å². The lowest BCUT2D eigenvalue weighted by molar-refractivity contribution is -0.127. The molecule has 31 heavy (non-hydrogen) atoms. The van der Waals surface area contributed by atoms with E-state index in [1.165, 1.54) is 6.92 Å². The number of para-hydroxylation sites is 2. The molecule has 2 heterocycles. The molecule has 7 nitrogen and oxygen atoms in total. The Hall–Kier alpha value is -4.00. The zero-order chi connectivity index (χ0) is 21.8. The minimum atomic E-state index is -0.702. The second-order valence-corrected chi connectivity index (χ2v) is 7.19. The van der Waals surface area contributed by atoms with Gasteiger partial charge in [0.15, 0.2) is 11.9 Å². The number of aromatic nitrogens is 3. The van der Waals surface area contributed by atoms with Crippen molar-refractivity contribution in [3.63, 3.8) is 0 Å². The predicted molar refractivity (Wildman–Crippen MR) is 117 cm³/mol. The number of hydrogen-bond donors (Lipinski definition) is 1. The number of ether oxygens (including phenoxy) is 1. The summed E-state index contributed by atoms with van der Waals surface area (Å²) in [6.45, 7) is 3.49. The van der Waals surface area contributed by atoms with Gasteiger partial charge >= 0.3 is 0 Å². The third-order valence-corrected chi connectivity index (χ3v) is 4.90. The van der Waals surface area contributed by atoms with Gasteiger partial charge in [0.05, 0.1) is 11.0 Å². The highest BCUT2D eigenvalue weighted by atomic mass is 16.5. The van der Waals surface area contributed by atoms with E-state index in [2.05, 4.69) is 15.3 Å². The van der Waals surface area contributed by atoms with Crippen LogP contribution in [0.25, 0.3) is 16.9 Å². The summed E-state index contributed by atoms with van der Waals surface area (Å²) in [6, 6.07) is 18.5. The highest BCUT2D eigenvalue weighted by Gasteiger charge is 2.15. The van der Waals surface area contributed by atoms with Crippen molar-refractivity contribution < 1.29 is 14.3 Å². The number of benzene rings is 2. The van der Waals surface area contributed by atoms with E-state index in [-0.39, 0.29) is 11.7 Å². The molecule has 4 rings (SSSR count). The van der Waals surface area contributed by atoms with Crippen LogP contribution in [0.1, 0.15) is 29.8 Å². The first-order valence-corrected chi connectivity index (χ1v) is 9.94. The molecule has 0 saturated heterocycles. The van der Waals surface area contributed by atoms with Gasteiger partial charge in [0.2, 0.25) is 0 Å². The second-order valence-electron chi connectivity index (χ2n) is 7.19. The van der Waals surface area contributed by atoms with Gasteiger partial charge in [-0.1, -0.05) is 30.3 Å². The van der Waals surface area contributed by atoms with Crippen LogP contribution in [0.2, 0.25) is 0 Å². The average molecular weight is 414 g/mol. The molecule has 0 bridgehead atoms. The van der Waals surface area contributed by atoms with Crippen LogP contribution >= 0.6 is 0 Å². The number of nitrogens with zero attached hydrogens (tertiary/aromatic N) is 3. The van der Waals surface area contributed by atoms with Gasteiger partial charge in [0.1, 0.15) is 17.9 Å². The summed E-state index contributed by atoms with van der Waals surface area (Å²) in [5, 5.41) is 2.85.